The molecule has 6 nitrogen and oxygen atoms in total. The number of aromatic amines is 1. The molecule has 0 amide bonds. The minimum absolute atomic E-state index is 0.0407. The summed E-state index contributed by atoms with van der Waals surface area (Å²) in [5.74, 6) is 0.761. The molecule has 5 N–H and O–H groups in total. The van der Waals surface area contributed by atoms with Crippen LogP contribution >= 0.6 is 11.8 Å². The van der Waals surface area contributed by atoms with Gasteiger partial charge in [-0.1, -0.05) is 11.8 Å². The molecule has 0 atom stereocenters. The highest BCUT2D eigenvalue weighted by molar-refractivity contribution is 7.99. The fraction of sp³-hybridized carbons (Fsp3) is 0.429. The molecule has 0 spiro atoms. The van der Waals surface area contributed by atoms with Crippen molar-refractivity contribution >= 4 is 23.3 Å². The standard InChI is InChI=1S/C7H12N4O2S/c1-13-2-3-14-7-10-5(9)4(8)6(12)11-7/h2-3,8H2,1H3,(H3,9,10,11,12). The van der Waals surface area contributed by atoms with Gasteiger partial charge in [0.2, 0.25) is 0 Å². The summed E-state index contributed by atoms with van der Waals surface area (Å²) >= 11 is 1.35. The van der Waals surface area contributed by atoms with Crippen LogP contribution in [0.3, 0.4) is 0 Å². The number of nitrogens with zero attached hydrogens (tertiary/aromatic N) is 1. The second-order valence-electron chi connectivity index (χ2n) is 2.51. The van der Waals surface area contributed by atoms with Crippen LogP contribution in [0.2, 0.25) is 0 Å². The van der Waals surface area contributed by atoms with Gasteiger partial charge in [-0.3, -0.25) is 9.78 Å². The number of H-pyrrole nitrogens is 1. The molecule has 0 aliphatic heterocycles. The first-order valence-electron chi connectivity index (χ1n) is 3.92. The molecule has 0 unspecified atom stereocenters. The van der Waals surface area contributed by atoms with Crippen LogP contribution in [0, 0.1) is 0 Å². The summed E-state index contributed by atoms with van der Waals surface area (Å²) in [6.07, 6.45) is 0. The SMILES string of the molecule is COCCSc1nc(N)c(N)c(=O)[nH]1. The Labute approximate surface area is 85.0 Å². The van der Waals surface area contributed by atoms with Gasteiger partial charge in [0.25, 0.3) is 5.56 Å². The van der Waals surface area contributed by atoms with Crippen molar-refractivity contribution in [3.63, 3.8) is 0 Å². The topological polar surface area (TPSA) is 107 Å². The smallest absolute Gasteiger partial charge is 0.276 e. The zero-order valence-electron chi connectivity index (χ0n) is 7.74. The molecule has 0 aromatic carbocycles. The normalized spacial score (nSPS) is 10.4. The van der Waals surface area contributed by atoms with Gasteiger partial charge in [0.15, 0.2) is 11.0 Å². The van der Waals surface area contributed by atoms with E-state index in [4.69, 9.17) is 16.2 Å². The molecule has 0 bridgehead atoms. The number of methoxy groups -OCH3 is 1. The lowest BCUT2D eigenvalue weighted by Crippen LogP contribution is -2.17. The van der Waals surface area contributed by atoms with Gasteiger partial charge in [-0.15, -0.1) is 0 Å². The summed E-state index contributed by atoms with van der Waals surface area (Å²) in [5, 5.41) is 0.457. The minimum Gasteiger partial charge on any atom is -0.391 e. The molecule has 0 radical (unpaired) electrons. The van der Waals surface area contributed by atoms with Gasteiger partial charge >= 0.3 is 0 Å². The molecule has 0 aliphatic rings. The number of ether oxygens (including phenoxy) is 1. The number of rotatable bonds is 4. The first-order valence-corrected chi connectivity index (χ1v) is 4.90. The summed E-state index contributed by atoms with van der Waals surface area (Å²) in [5.41, 5.74) is 10.3. The van der Waals surface area contributed by atoms with Crippen molar-refractivity contribution in [2.75, 3.05) is 30.9 Å². The lowest BCUT2D eigenvalue weighted by atomic mass is 10.5. The Kier molecular flexibility index (Phi) is 3.78. The van der Waals surface area contributed by atoms with Gasteiger partial charge in [-0.25, -0.2) is 4.98 Å². The van der Waals surface area contributed by atoms with E-state index in [2.05, 4.69) is 9.97 Å². The van der Waals surface area contributed by atoms with Crippen molar-refractivity contribution in [2.24, 2.45) is 0 Å². The summed E-state index contributed by atoms with van der Waals surface area (Å²) in [7, 11) is 1.61. The van der Waals surface area contributed by atoms with Gasteiger partial charge in [0.1, 0.15) is 5.69 Å². The van der Waals surface area contributed by atoms with E-state index in [0.717, 1.165) is 0 Å². The molecular formula is C7H12N4O2S. The Balaban J connectivity index is 2.75. The third-order valence-electron chi connectivity index (χ3n) is 1.49. The minimum atomic E-state index is -0.405. The first kappa shape index (κ1) is 10.9. The average molecular weight is 216 g/mol. The summed E-state index contributed by atoms with van der Waals surface area (Å²) in [6, 6.07) is 0. The van der Waals surface area contributed by atoms with Crippen molar-refractivity contribution in [3.8, 4) is 0 Å². The molecule has 0 aliphatic carbocycles. The van der Waals surface area contributed by atoms with Crippen LogP contribution in [0.4, 0.5) is 11.5 Å². The van der Waals surface area contributed by atoms with Crippen molar-refractivity contribution in [3.05, 3.63) is 10.4 Å². The van der Waals surface area contributed by atoms with Gasteiger partial charge < -0.3 is 16.2 Å². The predicted molar refractivity (Wildman–Crippen MR) is 56.3 cm³/mol. The maximum atomic E-state index is 11.1. The van der Waals surface area contributed by atoms with E-state index in [1.54, 1.807) is 7.11 Å². The van der Waals surface area contributed by atoms with Crippen LogP contribution in [0.25, 0.3) is 0 Å². The number of hydrogen-bond donors (Lipinski definition) is 3. The fourth-order valence-electron chi connectivity index (χ4n) is 0.768. The van der Waals surface area contributed by atoms with E-state index in [0.29, 0.717) is 17.5 Å². The number of hydrogen-bond acceptors (Lipinski definition) is 6. The van der Waals surface area contributed by atoms with Gasteiger partial charge in [-0.2, -0.15) is 0 Å². The number of nitrogens with two attached hydrogens (primary N) is 2. The highest BCUT2D eigenvalue weighted by Gasteiger charge is 2.04. The number of thioether (sulfide) groups is 1. The monoisotopic (exact) mass is 216 g/mol. The van der Waals surface area contributed by atoms with Crippen molar-refractivity contribution in [1.82, 2.24) is 9.97 Å². The molecule has 0 saturated carbocycles. The molecule has 1 aromatic heterocycles. The summed E-state index contributed by atoms with van der Waals surface area (Å²) in [4.78, 5) is 17.6. The quantitative estimate of drug-likeness (QED) is 0.361. The first-order chi connectivity index (χ1) is 6.65. The van der Waals surface area contributed by atoms with Gasteiger partial charge in [-0.05, 0) is 0 Å². The molecule has 0 saturated heterocycles. The molecule has 1 heterocycles. The average Bonchev–Trinajstić information content (AvgIpc) is 2.14. The highest BCUT2D eigenvalue weighted by Crippen LogP contribution is 2.13. The van der Waals surface area contributed by atoms with E-state index >= 15 is 0 Å². The molecule has 0 fully saturated rings. The lowest BCUT2D eigenvalue weighted by molar-refractivity contribution is 0.218. The second-order valence-corrected chi connectivity index (χ2v) is 3.59. The van der Waals surface area contributed by atoms with Crippen LogP contribution < -0.4 is 17.0 Å². The summed E-state index contributed by atoms with van der Waals surface area (Å²) in [6.45, 7) is 0.582. The van der Waals surface area contributed by atoms with E-state index in [1.165, 1.54) is 11.8 Å². The summed E-state index contributed by atoms with van der Waals surface area (Å²) < 4.78 is 4.85. The van der Waals surface area contributed by atoms with Crippen molar-refractivity contribution in [1.29, 1.82) is 0 Å². The van der Waals surface area contributed by atoms with E-state index in [1.807, 2.05) is 0 Å². The third kappa shape index (κ3) is 2.64. The van der Waals surface area contributed by atoms with E-state index in [-0.39, 0.29) is 11.5 Å². The third-order valence-corrected chi connectivity index (χ3v) is 2.33. The molecule has 78 valence electrons. The molecule has 1 rings (SSSR count). The van der Waals surface area contributed by atoms with Crippen molar-refractivity contribution < 1.29 is 4.74 Å². The number of aromatic nitrogens is 2. The Morgan fingerprint density at radius 1 is 1.57 bits per heavy atom. The Bertz CT molecular complexity index is 365. The fourth-order valence-corrected chi connectivity index (χ4v) is 1.54. The Morgan fingerprint density at radius 3 is 2.86 bits per heavy atom. The molecule has 7 heteroatoms. The van der Waals surface area contributed by atoms with Gasteiger partial charge in [0.05, 0.1) is 6.61 Å². The zero-order chi connectivity index (χ0) is 10.6. The number of nitrogen functional groups attached to an aromatic ring is 2. The van der Waals surface area contributed by atoms with Crippen LogP contribution in [0.1, 0.15) is 0 Å². The maximum absolute atomic E-state index is 11.1. The van der Waals surface area contributed by atoms with Crippen molar-refractivity contribution in [2.45, 2.75) is 5.16 Å². The Morgan fingerprint density at radius 2 is 2.29 bits per heavy atom. The largest absolute Gasteiger partial charge is 0.391 e. The number of nitrogens with one attached hydrogen (secondary N) is 1. The molecular weight excluding hydrogens is 204 g/mol. The van der Waals surface area contributed by atoms with Crippen LogP contribution in [0.5, 0.6) is 0 Å². The van der Waals surface area contributed by atoms with E-state index in [9.17, 15) is 4.79 Å². The molecule has 1 aromatic rings. The van der Waals surface area contributed by atoms with Crippen LogP contribution in [0.15, 0.2) is 9.95 Å². The van der Waals surface area contributed by atoms with Gasteiger partial charge in [0, 0.05) is 12.9 Å². The second kappa shape index (κ2) is 4.87. The maximum Gasteiger partial charge on any atom is 0.276 e. The lowest BCUT2D eigenvalue weighted by Gasteiger charge is -2.02. The Hall–Kier alpha value is -1.21. The highest BCUT2D eigenvalue weighted by atomic mass is 32.2. The van der Waals surface area contributed by atoms with Crippen LogP contribution in [-0.2, 0) is 4.74 Å². The van der Waals surface area contributed by atoms with Crippen LogP contribution in [-0.4, -0.2) is 29.4 Å². The zero-order valence-corrected chi connectivity index (χ0v) is 8.56. The molecule has 14 heavy (non-hydrogen) atoms. The predicted octanol–water partition coefficient (Wildman–Crippen LogP) is -0.327. The van der Waals surface area contributed by atoms with E-state index < -0.39 is 5.56 Å². The number of anilines is 2.